The summed E-state index contributed by atoms with van der Waals surface area (Å²) in [5.41, 5.74) is 5.29. The number of rotatable bonds is 8. The molecule has 21 heavy (non-hydrogen) atoms. The van der Waals surface area contributed by atoms with Gasteiger partial charge in [0.05, 0.1) is 6.61 Å². The van der Waals surface area contributed by atoms with Gasteiger partial charge in [0.2, 0.25) is 0 Å². The van der Waals surface area contributed by atoms with Gasteiger partial charge in [-0.15, -0.1) is 0 Å². The first-order chi connectivity index (χ1) is 9.90. The van der Waals surface area contributed by atoms with E-state index in [9.17, 15) is 9.59 Å². The van der Waals surface area contributed by atoms with Crippen molar-refractivity contribution in [3.63, 3.8) is 0 Å². The third-order valence-electron chi connectivity index (χ3n) is 3.14. The Kier molecular flexibility index (Phi) is 6.48. The number of nitrogens with zero attached hydrogens (tertiary/aromatic N) is 1. The van der Waals surface area contributed by atoms with Gasteiger partial charge in [-0.2, -0.15) is 0 Å². The fourth-order valence-electron chi connectivity index (χ4n) is 2.22. The summed E-state index contributed by atoms with van der Waals surface area (Å²) in [6.45, 7) is 6.94. The topological polar surface area (TPSA) is 102 Å². The lowest BCUT2D eigenvalue weighted by molar-refractivity contribution is 0.182. The molecule has 120 valence electrons. The molecule has 7 heteroatoms. The van der Waals surface area contributed by atoms with Gasteiger partial charge in [0.15, 0.2) is 0 Å². The molecule has 0 fully saturated rings. The van der Waals surface area contributed by atoms with Crippen molar-refractivity contribution in [2.45, 2.75) is 46.2 Å². The molecule has 7 nitrogen and oxygen atoms in total. The Morgan fingerprint density at radius 3 is 2.57 bits per heavy atom. The highest BCUT2D eigenvalue weighted by Crippen LogP contribution is 2.14. The molecule has 0 aliphatic carbocycles. The van der Waals surface area contributed by atoms with Crippen LogP contribution in [0.25, 0.3) is 0 Å². The minimum absolute atomic E-state index is 0.0200. The van der Waals surface area contributed by atoms with Crippen LogP contribution in [-0.4, -0.2) is 29.3 Å². The Morgan fingerprint density at radius 1 is 1.38 bits per heavy atom. The van der Waals surface area contributed by atoms with Gasteiger partial charge in [-0.05, 0) is 12.3 Å². The van der Waals surface area contributed by atoms with Crippen LogP contribution in [-0.2, 0) is 11.3 Å². The first-order valence-corrected chi connectivity index (χ1v) is 7.28. The average Bonchev–Trinajstić information content (AvgIpc) is 2.39. The largest absolute Gasteiger partial charge is 0.383 e. The molecule has 1 aromatic heterocycles. The smallest absolute Gasteiger partial charge is 0.330 e. The zero-order valence-corrected chi connectivity index (χ0v) is 13.2. The van der Waals surface area contributed by atoms with Crippen LogP contribution in [0, 0.1) is 5.92 Å². The van der Waals surface area contributed by atoms with Crippen LogP contribution in [0.1, 0.15) is 33.6 Å². The Morgan fingerprint density at radius 2 is 2.05 bits per heavy atom. The second-order valence-electron chi connectivity index (χ2n) is 5.61. The molecule has 1 unspecified atom stereocenters. The van der Waals surface area contributed by atoms with E-state index in [-0.39, 0.29) is 23.5 Å². The molecule has 1 atom stereocenters. The van der Waals surface area contributed by atoms with Crippen LogP contribution in [0.4, 0.5) is 11.5 Å². The second kappa shape index (κ2) is 7.87. The van der Waals surface area contributed by atoms with Crippen molar-refractivity contribution < 1.29 is 4.74 Å². The molecular weight excluding hydrogens is 272 g/mol. The van der Waals surface area contributed by atoms with Crippen LogP contribution in [0.5, 0.6) is 0 Å². The molecule has 0 aliphatic heterocycles. The fraction of sp³-hybridized carbons (Fsp3) is 0.714. The Balaban J connectivity index is 3.16. The molecule has 0 amide bonds. The molecule has 0 bridgehead atoms. The van der Waals surface area contributed by atoms with E-state index in [2.05, 4.69) is 17.2 Å². The van der Waals surface area contributed by atoms with Crippen LogP contribution in [0.3, 0.4) is 0 Å². The van der Waals surface area contributed by atoms with Gasteiger partial charge in [0, 0.05) is 19.7 Å². The van der Waals surface area contributed by atoms with Crippen molar-refractivity contribution in [2.75, 3.05) is 24.8 Å². The summed E-state index contributed by atoms with van der Waals surface area (Å²) in [5.74, 6) is 0.420. The maximum absolute atomic E-state index is 12.0. The van der Waals surface area contributed by atoms with E-state index >= 15 is 0 Å². The van der Waals surface area contributed by atoms with Crippen LogP contribution < -0.4 is 22.3 Å². The third-order valence-corrected chi connectivity index (χ3v) is 3.14. The molecule has 0 saturated carbocycles. The number of hydrogen-bond donors (Lipinski definition) is 3. The first kappa shape index (κ1) is 17.3. The zero-order chi connectivity index (χ0) is 16.0. The van der Waals surface area contributed by atoms with Crippen molar-refractivity contribution >= 4 is 11.5 Å². The summed E-state index contributed by atoms with van der Waals surface area (Å²) in [5, 5.41) is 3.10. The van der Waals surface area contributed by atoms with E-state index in [1.165, 1.54) is 4.57 Å². The number of hydrogen-bond acceptors (Lipinski definition) is 5. The molecular formula is C14H26N4O3. The van der Waals surface area contributed by atoms with Gasteiger partial charge in [-0.3, -0.25) is 14.3 Å². The number of aromatic nitrogens is 2. The summed E-state index contributed by atoms with van der Waals surface area (Å²) in [6, 6.07) is -0.0200. The van der Waals surface area contributed by atoms with Gasteiger partial charge in [0.25, 0.3) is 5.56 Å². The van der Waals surface area contributed by atoms with E-state index in [0.29, 0.717) is 13.2 Å². The highest BCUT2D eigenvalue weighted by Gasteiger charge is 2.16. The van der Waals surface area contributed by atoms with Crippen molar-refractivity contribution in [1.29, 1.82) is 0 Å². The number of nitrogens with one attached hydrogen (secondary N) is 2. The Hall–Kier alpha value is -1.76. The lowest BCUT2D eigenvalue weighted by atomic mass is 10.1. The van der Waals surface area contributed by atoms with E-state index in [1.807, 2.05) is 13.8 Å². The first-order valence-electron chi connectivity index (χ1n) is 7.28. The number of nitrogens with two attached hydrogens (primary N) is 1. The van der Waals surface area contributed by atoms with Gasteiger partial charge in [-0.1, -0.05) is 27.2 Å². The van der Waals surface area contributed by atoms with Gasteiger partial charge in [0.1, 0.15) is 11.5 Å². The molecule has 0 aromatic carbocycles. The predicted molar refractivity (Wildman–Crippen MR) is 84.8 cm³/mol. The van der Waals surface area contributed by atoms with E-state index in [0.717, 1.165) is 12.8 Å². The van der Waals surface area contributed by atoms with Crippen molar-refractivity contribution in [2.24, 2.45) is 5.92 Å². The molecule has 1 rings (SSSR count). The standard InChI is InChI=1S/C14H26N4O3/c1-5-6-10(8-21-4)16-11-12(15)18(7-9(2)3)14(20)17-13(11)19/h9-10,16H,5-8,15H2,1-4H3,(H,17,19,20). The number of methoxy groups -OCH3 is 1. The number of anilines is 2. The lowest BCUT2D eigenvalue weighted by Gasteiger charge is -2.21. The molecule has 4 N–H and O–H groups in total. The van der Waals surface area contributed by atoms with Crippen molar-refractivity contribution in [3.05, 3.63) is 20.8 Å². The molecule has 0 aliphatic rings. The summed E-state index contributed by atoms with van der Waals surface area (Å²) in [7, 11) is 1.61. The third kappa shape index (κ3) is 4.63. The predicted octanol–water partition coefficient (Wildman–Crippen LogP) is 1.00. The minimum atomic E-state index is -0.491. The van der Waals surface area contributed by atoms with E-state index in [4.69, 9.17) is 10.5 Å². The van der Waals surface area contributed by atoms with Gasteiger partial charge < -0.3 is 15.8 Å². The maximum Gasteiger partial charge on any atom is 0.330 e. The summed E-state index contributed by atoms with van der Waals surface area (Å²) in [4.78, 5) is 26.2. The Labute approximate surface area is 124 Å². The number of H-pyrrole nitrogens is 1. The molecule has 1 aromatic rings. The summed E-state index contributed by atoms with van der Waals surface area (Å²) in [6.07, 6.45) is 1.79. The van der Waals surface area contributed by atoms with E-state index < -0.39 is 11.2 Å². The maximum atomic E-state index is 12.0. The van der Waals surface area contributed by atoms with Crippen LogP contribution >= 0.6 is 0 Å². The van der Waals surface area contributed by atoms with Crippen LogP contribution in [0.2, 0.25) is 0 Å². The Bertz CT molecular complexity index is 556. The van der Waals surface area contributed by atoms with Crippen LogP contribution in [0.15, 0.2) is 9.59 Å². The minimum Gasteiger partial charge on any atom is -0.383 e. The number of ether oxygens (including phenoxy) is 1. The highest BCUT2D eigenvalue weighted by molar-refractivity contribution is 5.60. The van der Waals surface area contributed by atoms with Gasteiger partial charge in [-0.25, -0.2) is 4.79 Å². The molecule has 0 radical (unpaired) electrons. The molecule has 0 spiro atoms. The highest BCUT2D eigenvalue weighted by atomic mass is 16.5. The summed E-state index contributed by atoms with van der Waals surface area (Å²) < 4.78 is 6.54. The lowest BCUT2D eigenvalue weighted by Crippen LogP contribution is -2.37. The number of nitrogen functional groups attached to an aromatic ring is 1. The molecule has 1 heterocycles. The average molecular weight is 298 g/mol. The zero-order valence-electron chi connectivity index (χ0n) is 13.2. The SMILES string of the molecule is CCCC(COC)Nc1c(N)n(CC(C)C)c(=O)[nH]c1=O. The fourth-order valence-corrected chi connectivity index (χ4v) is 2.22. The second-order valence-corrected chi connectivity index (χ2v) is 5.61. The quantitative estimate of drug-likeness (QED) is 0.664. The normalized spacial score (nSPS) is 12.6. The van der Waals surface area contributed by atoms with E-state index in [1.54, 1.807) is 7.11 Å². The number of aromatic amines is 1. The van der Waals surface area contributed by atoms with Crippen molar-refractivity contribution in [3.8, 4) is 0 Å². The molecule has 0 saturated heterocycles. The summed E-state index contributed by atoms with van der Waals surface area (Å²) >= 11 is 0. The van der Waals surface area contributed by atoms with Crippen molar-refractivity contribution in [1.82, 2.24) is 9.55 Å². The monoisotopic (exact) mass is 298 g/mol. The van der Waals surface area contributed by atoms with Gasteiger partial charge >= 0.3 is 5.69 Å².